The topological polar surface area (TPSA) is 138 Å². The zero-order valence-corrected chi connectivity index (χ0v) is 29.0. The van der Waals surface area contributed by atoms with E-state index in [-0.39, 0.29) is 59.5 Å². The van der Waals surface area contributed by atoms with Crippen LogP contribution in [0.5, 0.6) is 5.75 Å². The molecule has 47 heavy (non-hydrogen) atoms. The minimum Gasteiger partial charge on any atom is -0.490 e. The Bertz CT molecular complexity index is 1420. The number of fused-ring (bicyclic) bond motifs is 1. The van der Waals surface area contributed by atoms with E-state index in [2.05, 4.69) is 10.0 Å². The molecule has 11 nitrogen and oxygen atoms in total. The van der Waals surface area contributed by atoms with Gasteiger partial charge in [0.25, 0.3) is 15.9 Å². The molecule has 2 aromatic rings. The molecule has 0 aromatic heterocycles. The van der Waals surface area contributed by atoms with Crippen molar-refractivity contribution in [1.29, 1.82) is 0 Å². The summed E-state index contributed by atoms with van der Waals surface area (Å²) in [5.74, 6) is -0.263. The molecule has 1 heterocycles. The van der Waals surface area contributed by atoms with E-state index in [9.17, 15) is 23.1 Å². The maximum Gasteiger partial charge on any atom is 0.317 e. The molecule has 3 amide bonds. The van der Waals surface area contributed by atoms with Gasteiger partial charge < -0.3 is 29.7 Å². The highest BCUT2D eigenvalue weighted by atomic mass is 32.2. The summed E-state index contributed by atoms with van der Waals surface area (Å²) >= 11 is 0. The second-order valence-corrected chi connectivity index (χ2v) is 14.8. The van der Waals surface area contributed by atoms with Crippen molar-refractivity contribution in [2.75, 3.05) is 38.1 Å². The van der Waals surface area contributed by atoms with Crippen LogP contribution in [0.4, 0.5) is 10.5 Å². The number of sulfonamides is 1. The van der Waals surface area contributed by atoms with E-state index >= 15 is 0 Å². The number of carbonyl (C=O) groups is 2. The second-order valence-electron chi connectivity index (χ2n) is 13.1. The highest BCUT2D eigenvalue weighted by Crippen LogP contribution is 2.29. The maximum absolute atomic E-state index is 14.3. The zero-order valence-electron chi connectivity index (χ0n) is 28.2. The summed E-state index contributed by atoms with van der Waals surface area (Å²) in [6.07, 6.45) is 7.22. The maximum atomic E-state index is 14.3. The Balaban J connectivity index is 1.60. The van der Waals surface area contributed by atoms with Crippen molar-refractivity contribution in [2.24, 2.45) is 5.92 Å². The Morgan fingerprint density at radius 3 is 2.45 bits per heavy atom. The standard InChI is InChI=1S/C35H52N4O7S/c1-25-22-39(26(2)24-40)34(41)31-21-29(37-47(43,44)30-16-9-6-10-17-30)18-19-32(31)46-27(3)13-11-12-20-45-33(25)23-38(4)35(42)36-28-14-7-5-8-15-28/h6,9-10,16-19,21,25-28,33,37,40H,5,7-8,11-15,20,22-24H2,1-4H3,(H,36,42)/t25-,26+,27-,33+/m0/s1. The lowest BCUT2D eigenvalue weighted by Gasteiger charge is -2.36. The predicted molar refractivity (Wildman–Crippen MR) is 182 cm³/mol. The van der Waals surface area contributed by atoms with Gasteiger partial charge in [-0.2, -0.15) is 0 Å². The summed E-state index contributed by atoms with van der Waals surface area (Å²) in [5.41, 5.74) is 0.408. The SMILES string of the molecule is C[C@H](CO)N1C[C@H](C)[C@@H](CN(C)C(=O)NC2CCCCC2)OCCCC[C@H](C)Oc2ccc(NS(=O)(=O)c3ccccc3)cc2C1=O. The lowest BCUT2D eigenvalue weighted by Crippen LogP contribution is -2.50. The van der Waals surface area contributed by atoms with Gasteiger partial charge in [0.1, 0.15) is 5.75 Å². The van der Waals surface area contributed by atoms with Crippen molar-refractivity contribution in [1.82, 2.24) is 15.1 Å². The first-order valence-corrected chi connectivity index (χ1v) is 18.4. The quantitative estimate of drug-likeness (QED) is 0.348. The van der Waals surface area contributed by atoms with Crippen molar-refractivity contribution < 1.29 is 32.6 Å². The van der Waals surface area contributed by atoms with Gasteiger partial charge in [0.15, 0.2) is 0 Å². The first kappa shape index (κ1) is 36.5. The molecule has 0 saturated heterocycles. The number of amides is 3. The third-order valence-corrected chi connectivity index (χ3v) is 10.5. The van der Waals surface area contributed by atoms with Crippen LogP contribution >= 0.6 is 0 Å². The van der Waals surface area contributed by atoms with Crippen LogP contribution in [0.3, 0.4) is 0 Å². The molecule has 1 saturated carbocycles. The minimum absolute atomic E-state index is 0.101. The monoisotopic (exact) mass is 672 g/mol. The van der Waals surface area contributed by atoms with Crippen molar-refractivity contribution in [3.8, 4) is 5.75 Å². The van der Waals surface area contributed by atoms with E-state index in [1.54, 1.807) is 54.1 Å². The molecule has 4 atom stereocenters. The normalized spacial score (nSPS) is 22.7. The minimum atomic E-state index is -3.91. The van der Waals surface area contributed by atoms with Crippen LogP contribution < -0.4 is 14.8 Å². The van der Waals surface area contributed by atoms with Gasteiger partial charge in [0, 0.05) is 44.4 Å². The summed E-state index contributed by atoms with van der Waals surface area (Å²) in [6, 6.07) is 12.2. The number of aliphatic hydroxyl groups is 1. The molecule has 1 aliphatic heterocycles. The van der Waals surface area contributed by atoms with Crippen molar-refractivity contribution in [3.05, 3.63) is 54.1 Å². The summed E-state index contributed by atoms with van der Waals surface area (Å²) in [5, 5.41) is 13.4. The number of likely N-dealkylation sites (N-methyl/N-ethyl adjacent to an activating group) is 1. The van der Waals surface area contributed by atoms with E-state index in [0.29, 0.717) is 18.9 Å². The number of nitrogens with one attached hydrogen (secondary N) is 2. The number of hydrogen-bond donors (Lipinski definition) is 3. The molecule has 2 aliphatic rings. The van der Waals surface area contributed by atoms with Gasteiger partial charge in [-0.05, 0) is 76.3 Å². The van der Waals surface area contributed by atoms with E-state index in [0.717, 1.165) is 44.9 Å². The van der Waals surface area contributed by atoms with Gasteiger partial charge in [-0.1, -0.05) is 44.4 Å². The zero-order chi connectivity index (χ0) is 34.0. The van der Waals surface area contributed by atoms with Crippen LogP contribution in [-0.2, 0) is 14.8 Å². The smallest absolute Gasteiger partial charge is 0.317 e. The van der Waals surface area contributed by atoms with Crippen LogP contribution in [0.2, 0.25) is 0 Å². The van der Waals surface area contributed by atoms with E-state index in [1.807, 2.05) is 13.8 Å². The van der Waals surface area contributed by atoms with Crippen molar-refractivity contribution in [3.63, 3.8) is 0 Å². The fraction of sp³-hybridized carbons (Fsp3) is 0.600. The molecule has 0 spiro atoms. The summed E-state index contributed by atoms with van der Waals surface area (Å²) in [6.45, 7) is 6.49. The lowest BCUT2D eigenvalue weighted by molar-refractivity contribution is -0.0123. The largest absolute Gasteiger partial charge is 0.490 e. The number of rotatable bonds is 8. The van der Waals surface area contributed by atoms with Crippen LogP contribution in [-0.4, -0.2) is 92.9 Å². The molecule has 12 heteroatoms. The first-order valence-electron chi connectivity index (χ1n) is 16.9. The number of hydrogen-bond acceptors (Lipinski definition) is 7. The summed E-state index contributed by atoms with van der Waals surface area (Å²) < 4.78 is 41.4. The second kappa shape index (κ2) is 17.2. The number of urea groups is 1. The number of benzene rings is 2. The molecule has 3 N–H and O–H groups in total. The molecule has 0 radical (unpaired) electrons. The van der Waals surface area contributed by atoms with E-state index in [4.69, 9.17) is 9.47 Å². The molecular formula is C35H52N4O7S. The lowest BCUT2D eigenvalue weighted by atomic mass is 9.96. The van der Waals surface area contributed by atoms with E-state index in [1.165, 1.54) is 24.6 Å². The van der Waals surface area contributed by atoms with Crippen LogP contribution in [0.25, 0.3) is 0 Å². The van der Waals surface area contributed by atoms with Crippen LogP contribution in [0, 0.1) is 5.92 Å². The Kier molecular flexibility index (Phi) is 13.3. The Labute approximate surface area is 280 Å². The van der Waals surface area contributed by atoms with Gasteiger partial charge in [0.2, 0.25) is 0 Å². The molecule has 1 aliphatic carbocycles. The highest BCUT2D eigenvalue weighted by Gasteiger charge is 2.31. The molecule has 260 valence electrons. The van der Waals surface area contributed by atoms with Gasteiger partial charge >= 0.3 is 6.03 Å². The third-order valence-electron chi connectivity index (χ3n) is 9.09. The molecule has 4 rings (SSSR count). The van der Waals surface area contributed by atoms with Crippen LogP contribution in [0.15, 0.2) is 53.4 Å². The van der Waals surface area contributed by atoms with E-state index < -0.39 is 22.0 Å². The number of carbonyl (C=O) groups excluding carboxylic acids is 2. The fourth-order valence-electron chi connectivity index (χ4n) is 6.15. The van der Waals surface area contributed by atoms with Crippen molar-refractivity contribution in [2.45, 2.75) is 101 Å². The fourth-order valence-corrected chi connectivity index (χ4v) is 7.22. The number of nitrogens with zero attached hydrogens (tertiary/aromatic N) is 2. The predicted octanol–water partition coefficient (Wildman–Crippen LogP) is 5.26. The van der Waals surface area contributed by atoms with Crippen molar-refractivity contribution >= 4 is 27.6 Å². The van der Waals surface area contributed by atoms with Gasteiger partial charge in [-0.3, -0.25) is 9.52 Å². The Morgan fingerprint density at radius 1 is 1.04 bits per heavy atom. The molecule has 1 fully saturated rings. The van der Waals surface area contributed by atoms with Gasteiger partial charge in [0.05, 0.1) is 35.3 Å². The Hall–Kier alpha value is -3.35. The average molecular weight is 673 g/mol. The number of anilines is 1. The number of ether oxygens (including phenoxy) is 2. The van der Waals surface area contributed by atoms with Gasteiger partial charge in [-0.15, -0.1) is 0 Å². The van der Waals surface area contributed by atoms with Gasteiger partial charge in [-0.25, -0.2) is 13.2 Å². The summed E-state index contributed by atoms with van der Waals surface area (Å²) in [7, 11) is -2.14. The molecule has 2 aromatic carbocycles. The molecule has 0 bridgehead atoms. The molecular weight excluding hydrogens is 620 g/mol. The molecule has 0 unspecified atom stereocenters. The first-order chi connectivity index (χ1) is 22.5. The Morgan fingerprint density at radius 2 is 1.74 bits per heavy atom. The summed E-state index contributed by atoms with van der Waals surface area (Å²) in [4.78, 5) is 30.8. The van der Waals surface area contributed by atoms with Crippen LogP contribution in [0.1, 0.15) is 82.5 Å². The average Bonchev–Trinajstić information content (AvgIpc) is 3.06. The third kappa shape index (κ3) is 10.3. The highest BCUT2D eigenvalue weighted by molar-refractivity contribution is 7.92. The number of aliphatic hydroxyl groups excluding tert-OH is 1.